The van der Waals surface area contributed by atoms with Crippen molar-refractivity contribution in [2.75, 3.05) is 14.1 Å². The molecule has 0 aliphatic carbocycles. The second-order valence-electron chi connectivity index (χ2n) is 4.46. The molecule has 0 spiro atoms. The minimum absolute atomic E-state index is 0.377. The zero-order valence-corrected chi connectivity index (χ0v) is 11.1. The molecule has 0 aliphatic heterocycles. The molecule has 4 nitrogen and oxygen atoms in total. The van der Waals surface area contributed by atoms with Crippen LogP contribution in [0.15, 0.2) is 54.9 Å². The Morgan fingerprint density at radius 2 is 1.89 bits per heavy atom. The monoisotopic (exact) mass is 257 g/mol. The van der Waals surface area contributed by atoms with Gasteiger partial charge in [-0.05, 0) is 6.07 Å². The Labute approximate surface area is 112 Å². The summed E-state index contributed by atoms with van der Waals surface area (Å²) in [4.78, 5) is 12.9. The van der Waals surface area contributed by atoms with Gasteiger partial charge in [0.2, 0.25) is 6.20 Å². The van der Waals surface area contributed by atoms with E-state index in [2.05, 4.69) is 12.1 Å². The molecule has 0 aliphatic rings. The lowest BCUT2D eigenvalue weighted by molar-refractivity contribution is -0.688. The number of pyridine rings is 1. The van der Waals surface area contributed by atoms with Gasteiger partial charge in [-0.2, -0.15) is 4.57 Å². The van der Waals surface area contributed by atoms with Crippen LogP contribution in [0.2, 0.25) is 0 Å². The van der Waals surface area contributed by atoms with Crippen molar-refractivity contribution in [2.45, 2.75) is 6.54 Å². The van der Waals surface area contributed by atoms with Gasteiger partial charge in [0.1, 0.15) is 0 Å². The summed E-state index contributed by atoms with van der Waals surface area (Å²) in [5.74, 6) is 0.539. The summed E-state index contributed by atoms with van der Waals surface area (Å²) >= 11 is 0. The molecular weight excluding hydrogens is 240 g/mol. The maximum absolute atomic E-state index is 11.5. The largest absolute Gasteiger partial charge is 0.414 e. The smallest absolute Gasteiger partial charge is 0.404 e. The molecule has 1 amide bonds. The van der Waals surface area contributed by atoms with E-state index in [9.17, 15) is 4.79 Å². The van der Waals surface area contributed by atoms with E-state index >= 15 is 0 Å². The first-order chi connectivity index (χ1) is 9.15. The van der Waals surface area contributed by atoms with Crippen molar-refractivity contribution in [1.29, 1.82) is 0 Å². The molecule has 0 saturated heterocycles. The quantitative estimate of drug-likeness (QED) is 0.789. The lowest BCUT2D eigenvalue weighted by Crippen LogP contribution is -2.34. The van der Waals surface area contributed by atoms with Gasteiger partial charge in [0.25, 0.3) is 0 Å². The Kier molecular flexibility index (Phi) is 4.13. The number of nitrogens with zero attached hydrogens (tertiary/aromatic N) is 2. The molecule has 98 valence electrons. The minimum Gasteiger partial charge on any atom is -0.404 e. The van der Waals surface area contributed by atoms with E-state index in [1.807, 2.05) is 41.2 Å². The van der Waals surface area contributed by atoms with E-state index < -0.39 is 0 Å². The molecule has 0 atom stereocenters. The zero-order valence-electron chi connectivity index (χ0n) is 11.1. The molecule has 0 saturated carbocycles. The molecular formula is C15H17N2O2+. The number of carbonyl (C=O) groups is 1. The Balaban J connectivity index is 2.09. The molecule has 0 fully saturated rings. The number of carbonyl (C=O) groups excluding carboxylic acids is 1. The highest BCUT2D eigenvalue weighted by Gasteiger charge is 2.10. The predicted molar refractivity (Wildman–Crippen MR) is 71.9 cm³/mol. The fourth-order valence-electron chi connectivity index (χ4n) is 1.64. The second-order valence-corrected chi connectivity index (χ2v) is 4.46. The lowest BCUT2D eigenvalue weighted by atomic mass is 10.2. The summed E-state index contributed by atoms with van der Waals surface area (Å²) in [7, 11) is 3.31. The molecule has 1 aromatic carbocycles. The molecule has 2 aromatic rings. The SMILES string of the molecule is CN(C)C(=O)Oc1ccc[n+](Cc2ccccc2)c1. The first kappa shape index (κ1) is 13.1. The summed E-state index contributed by atoms with van der Waals surface area (Å²) in [6.07, 6.45) is 3.38. The Morgan fingerprint density at radius 3 is 2.58 bits per heavy atom. The van der Waals surface area contributed by atoms with Crippen LogP contribution in [0.3, 0.4) is 0 Å². The van der Waals surface area contributed by atoms with Gasteiger partial charge in [-0.15, -0.1) is 0 Å². The van der Waals surface area contributed by atoms with Gasteiger partial charge in [0, 0.05) is 25.7 Å². The molecule has 0 N–H and O–H groups in total. The highest BCUT2D eigenvalue weighted by atomic mass is 16.6. The fraction of sp³-hybridized carbons (Fsp3) is 0.200. The topological polar surface area (TPSA) is 33.4 Å². The van der Waals surface area contributed by atoms with E-state index in [0.717, 1.165) is 6.54 Å². The van der Waals surface area contributed by atoms with Crippen LogP contribution in [0.4, 0.5) is 4.79 Å². The van der Waals surface area contributed by atoms with Gasteiger partial charge in [-0.1, -0.05) is 30.3 Å². The molecule has 0 bridgehead atoms. The maximum atomic E-state index is 11.5. The van der Waals surface area contributed by atoms with E-state index in [1.54, 1.807) is 20.2 Å². The van der Waals surface area contributed by atoms with Crippen molar-refractivity contribution in [2.24, 2.45) is 0 Å². The molecule has 4 heteroatoms. The van der Waals surface area contributed by atoms with E-state index in [-0.39, 0.29) is 6.09 Å². The van der Waals surface area contributed by atoms with Crippen molar-refractivity contribution in [1.82, 2.24) is 4.90 Å². The number of rotatable bonds is 3. The van der Waals surface area contributed by atoms with Gasteiger partial charge in [0.15, 0.2) is 18.5 Å². The van der Waals surface area contributed by atoms with Crippen LogP contribution in [0.25, 0.3) is 0 Å². The standard InChI is InChI=1S/C15H17N2O2/c1-16(2)15(18)19-14-9-6-10-17(12-14)11-13-7-4-3-5-8-13/h3-10,12H,11H2,1-2H3/q+1. The van der Waals surface area contributed by atoms with Crippen LogP contribution in [0, 0.1) is 0 Å². The molecule has 0 unspecified atom stereocenters. The summed E-state index contributed by atoms with van der Waals surface area (Å²) in [5, 5.41) is 0. The zero-order chi connectivity index (χ0) is 13.7. The van der Waals surface area contributed by atoms with E-state index in [4.69, 9.17) is 4.74 Å². The van der Waals surface area contributed by atoms with Crippen LogP contribution in [-0.4, -0.2) is 25.1 Å². The molecule has 1 aromatic heterocycles. The van der Waals surface area contributed by atoms with Crippen molar-refractivity contribution >= 4 is 6.09 Å². The van der Waals surface area contributed by atoms with Crippen molar-refractivity contribution in [3.63, 3.8) is 0 Å². The summed E-state index contributed by atoms with van der Waals surface area (Å²) in [5.41, 5.74) is 1.20. The normalized spacial score (nSPS) is 10.0. The highest BCUT2D eigenvalue weighted by Crippen LogP contribution is 2.07. The van der Waals surface area contributed by atoms with Gasteiger partial charge in [0.05, 0.1) is 0 Å². The van der Waals surface area contributed by atoms with Crippen LogP contribution in [-0.2, 0) is 6.54 Å². The van der Waals surface area contributed by atoms with Crippen LogP contribution < -0.4 is 9.30 Å². The minimum atomic E-state index is -0.377. The third kappa shape index (κ3) is 3.81. The fourth-order valence-corrected chi connectivity index (χ4v) is 1.64. The van der Waals surface area contributed by atoms with Gasteiger partial charge < -0.3 is 9.64 Å². The van der Waals surface area contributed by atoms with Crippen molar-refractivity contribution in [3.05, 3.63) is 60.4 Å². The lowest BCUT2D eigenvalue weighted by Gasteiger charge is -2.09. The Morgan fingerprint density at radius 1 is 1.16 bits per heavy atom. The van der Waals surface area contributed by atoms with E-state index in [1.165, 1.54) is 10.5 Å². The number of ether oxygens (including phenoxy) is 1. The molecule has 19 heavy (non-hydrogen) atoms. The number of benzene rings is 1. The van der Waals surface area contributed by atoms with Crippen LogP contribution >= 0.6 is 0 Å². The Bertz CT molecular complexity index is 553. The van der Waals surface area contributed by atoms with Gasteiger partial charge in [-0.25, -0.2) is 4.79 Å². The maximum Gasteiger partial charge on any atom is 0.414 e. The molecule has 1 heterocycles. The third-order valence-corrected chi connectivity index (χ3v) is 2.61. The first-order valence-corrected chi connectivity index (χ1v) is 6.07. The van der Waals surface area contributed by atoms with Crippen LogP contribution in [0.5, 0.6) is 5.75 Å². The average molecular weight is 257 g/mol. The Hall–Kier alpha value is -2.36. The summed E-state index contributed by atoms with van der Waals surface area (Å²) < 4.78 is 7.20. The second kappa shape index (κ2) is 6.00. The molecule has 2 rings (SSSR count). The summed E-state index contributed by atoms with van der Waals surface area (Å²) in [6.45, 7) is 0.744. The van der Waals surface area contributed by atoms with Gasteiger partial charge in [-0.3, -0.25) is 0 Å². The average Bonchev–Trinajstić information content (AvgIpc) is 2.40. The number of hydrogen-bond donors (Lipinski definition) is 0. The third-order valence-electron chi connectivity index (χ3n) is 2.61. The first-order valence-electron chi connectivity index (χ1n) is 6.07. The number of amides is 1. The van der Waals surface area contributed by atoms with Gasteiger partial charge >= 0.3 is 6.09 Å². The molecule has 0 radical (unpaired) electrons. The van der Waals surface area contributed by atoms with Crippen LogP contribution in [0.1, 0.15) is 5.56 Å². The van der Waals surface area contributed by atoms with Crippen molar-refractivity contribution in [3.8, 4) is 5.75 Å². The predicted octanol–water partition coefficient (Wildman–Crippen LogP) is 2.08. The number of hydrogen-bond acceptors (Lipinski definition) is 2. The highest BCUT2D eigenvalue weighted by molar-refractivity contribution is 5.69. The van der Waals surface area contributed by atoms with E-state index in [0.29, 0.717) is 5.75 Å². The summed E-state index contributed by atoms with van der Waals surface area (Å²) in [6, 6.07) is 13.8. The number of aromatic nitrogens is 1. The van der Waals surface area contributed by atoms with Crippen molar-refractivity contribution < 1.29 is 14.1 Å².